The molecule has 2 aromatic rings. The number of hydrogen-bond donors (Lipinski definition) is 2. The molecule has 0 radical (unpaired) electrons. The van der Waals surface area contributed by atoms with Gasteiger partial charge in [-0.1, -0.05) is 15.9 Å². The Kier molecular flexibility index (Phi) is 6.36. The SMILES string of the molecule is Cn1c(NCCCNC(=O)c2ccc(Br)cc2)c(C#N)c(=O)n(C)c1=O. The van der Waals surface area contributed by atoms with Crippen molar-refractivity contribution in [2.45, 2.75) is 6.42 Å². The molecular formula is C17H18BrN5O3. The first kappa shape index (κ1) is 19.5. The van der Waals surface area contributed by atoms with Gasteiger partial charge in [0.05, 0.1) is 0 Å². The molecule has 136 valence electrons. The lowest BCUT2D eigenvalue weighted by atomic mass is 10.2. The Labute approximate surface area is 158 Å². The molecule has 8 nitrogen and oxygen atoms in total. The lowest BCUT2D eigenvalue weighted by Gasteiger charge is -2.13. The third kappa shape index (κ3) is 4.21. The molecule has 1 aromatic heterocycles. The minimum atomic E-state index is -0.637. The fraction of sp³-hybridized carbons (Fsp3) is 0.294. The largest absolute Gasteiger partial charge is 0.370 e. The summed E-state index contributed by atoms with van der Waals surface area (Å²) in [6.07, 6.45) is 0.552. The Morgan fingerprint density at radius 1 is 1.15 bits per heavy atom. The average molecular weight is 420 g/mol. The van der Waals surface area contributed by atoms with Gasteiger partial charge in [-0.05, 0) is 30.7 Å². The number of carbonyl (C=O) groups is 1. The lowest BCUT2D eigenvalue weighted by molar-refractivity contribution is 0.0953. The highest BCUT2D eigenvalue weighted by atomic mass is 79.9. The third-order valence-corrected chi connectivity index (χ3v) is 4.34. The molecule has 0 saturated carbocycles. The van der Waals surface area contributed by atoms with Crippen LogP contribution in [0.15, 0.2) is 38.3 Å². The van der Waals surface area contributed by atoms with Gasteiger partial charge in [-0.2, -0.15) is 5.26 Å². The molecule has 0 aliphatic heterocycles. The molecule has 0 saturated heterocycles. The van der Waals surface area contributed by atoms with Gasteiger partial charge in [0, 0.05) is 37.2 Å². The number of nitrogens with one attached hydrogen (secondary N) is 2. The number of nitrogens with zero attached hydrogens (tertiary/aromatic N) is 3. The lowest BCUT2D eigenvalue weighted by Crippen LogP contribution is -2.40. The maximum absolute atomic E-state index is 12.0. The summed E-state index contributed by atoms with van der Waals surface area (Å²) >= 11 is 3.31. The summed E-state index contributed by atoms with van der Waals surface area (Å²) in [5.74, 6) is -0.00368. The highest BCUT2D eigenvalue weighted by molar-refractivity contribution is 9.10. The predicted octanol–water partition coefficient (Wildman–Crippen LogP) is 0.950. The summed E-state index contributed by atoms with van der Waals surface area (Å²) in [6, 6.07) is 8.83. The number of aromatic nitrogens is 2. The zero-order valence-corrected chi connectivity index (χ0v) is 16.0. The Morgan fingerprint density at radius 3 is 2.42 bits per heavy atom. The summed E-state index contributed by atoms with van der Waals surface area (Å²) in [7, 11) is 2.81. The van der Waals surface area contributed by atoms with E-state index in [1.54, 1.807) is 24.3 Å². The van der Waals surface area contributed by atoms with Crippen LogP contribution in [-0.4, -0.2) is 28.1 Å². The molecule has 26 heavy (non-hydrogen) atoms. The van der Waals surface area contributed by atoms with Crippen molar-refractivity contribution in [3.8, 4) is 6.07 Å². The van der Waals surface area contributed by atoms with Gasteiger partial charge in [-0.25, -0.2) is 4.79 Å². The summed E-state index contributed by atoms with van der Waals surface area (Å²) in [6.45, 7) is 0.790. The van der Waals surface area contributed by atoms with E-state index in [4.69, 9.17) is 0 Å². The first-order valence-corrected chi connectivity index (χ1v) is 8.64. The second kappa shape index (κ2) is 8.49. The number of amides is 1. The predicted molar refractivity (Wildman–Crippen MR) is 101 cm³/mol. The number of halogens is 1. The Morgan fingerprint density at radius 2 is 1.81 bits per heavy atom. The van der Waals surface area contributed by atoms with Crippen LogP contribution in [-0.2, 0) is 14.1 Å². The maximum atomic E-state index is 12.0. The highest BCUT2D eigenvalue weighted by Crippen LogP contribution is 2.10. The molecule has 0 spiro atoms. The summed E-state index contributed by atoms with van der Waals surface area (Å²) in [5.41, 5.74) is -0.711. The summed E-state index contributed by atoms with van der Waals surface area (Å²) < 4.78 is 3.01. The van der Waals surface area contributed by atoms with Crippen molar-refractivity contribution in [3.63, 3.8) is 0 Å². The van der Waals surface area contributed by atoms with Crippen molar-refractivity contribution in [2.24, 2.45) is 14.1 Å². The molecule has 0 atom stereocenters. The van der Waals surface area contributed by atoms with Crippen molar-refractivity contribution < 1.29 is 4.79 Å². The standard InChI is InChI=1S/C17H18BrN5O3/c1-22-14(13(10-19)16(25)23(2)17(22)26)20-8-3-9-21-15(24)11-4-6-12(18)7-5-11/h4-7,20H,3,8-9H2,1-2H3,(H,21,24). The minimum Gasteiger partial charge on any atom is -0.370 e. The van der Waals surface area contributed by atoms with E-state index in [9.17, 15) is 19.6 Å². The van der Waals surface area contributed by atoms with Gasteiger partial charge >= 0.3 is 5.69 Å². The minimum absolute atomic E-state index is 0.117. The molecule has 1 amide bonds. The van der Waals surface area contributed by atoms with Gasteiger partial charge in [0.25, 0.3) is 11.5 Å². The smallest absolute Gasteiger partial charge is 0.332 e. The third-order valence-electron chi connectivity index (χ3n) is 3.81. The van der Waals surface area contributed by atoms with E-state index < -0.39 is 11.2 Å². The van der Waals surface area contributed by atoms with Crippen LogP contribution in [0.2, 0.25) is 0 Å². The topological polar surface area (TPSA) is 109 Å². The van der Waals surface area contributed by atoms with E-state index in [1.165, 1.54) is 18.7 Å². The Bertz CT molecular complexity index is 970. The van der Waals surface area contributed by atoms with Crippen LogP contribution in [0.25, 0.3) is 0 Å². The molecule has 9 heteroatoms. The van der Waals surface area contributed by atoms with E-state index >= 15 is 0 Å². The van der Waals surface area contributed by atoms with E-state index in [-0.39, 0.29) is 17.3 Å². The van der Waals surface area contributed by atoms with Crippen LogP contribution in [0.4, 0.5) is 5.82 Å². The fourth-order valence-electron chi connectivity index (χ4n) is 2.35. The summed E-state index contributed by atoms with van der Waals surface area (Å²) in [4.78, 5) is 35.9. The van der Waals surface area contributed by atoms with Crippen LogP contribution in [0.1, 0.15) is 22.3 Å². The normalized spacial score (nSPS) is 10.2. The summed E-state index contributed by atoms with van der Waals surface area (Å²) in [5, 5.41) is 14.9. The van der Waals surface area contributed by atoms with Gasteiger partial charge in [0.2, 0.25) is 0 Å². The molecule has 2 N–H and O–H groups in total. The molecule has 0 aliphatic rings. The average Bonchev–Trinajstić information content (AvgIpc) is 2.64. The van der Waals surface area contributed by atoms with Crippen molar-refractivity contribution in [1.29, 1.82) is 5.26 Å². The van der Waals surface area contributed by atoms with Crippen LogP contribution < -0.4 is 21.9 Å². The van der Waals surface area contributed by atoms with Crippen molar-refractivity contribution in [2.75, 3.05) is 18.4 Å². The van der Waals surface area contributed by atoms with Crippen molar-refractivity contribution >= 4 is 27.7 Å². The van der Waals surface area contributed by atoms with Crippen LogP contribution in [0.5, 0.6) is 0 Å². The van der Waals surface area contributed by atoms with Crippen LogP contribution in [0.3, 0.4) is 0 Å². The van der Waals surface area contributed by atoms with Gasteiger partial charge in [0.1, 0.15) is 11.9 Å². The number of carbonyl (C=O) groups excluding carboxylic acids is 1. The fourth-order valence-corrected chi connectivity index (χ4v) is 2.62. The molecule has 2 rings (SSSR count). The molecular weight excluding hydrogens is 402 g/mol. The van der Waals surface area contributed by atoms with E-state index in [0.717, 1.165) is 9.04 Å². The van der Waals surface area contributed by atoms with Crippen LogP contribution in [0, 0.1) is 11.3 Å². The molecule has 1 aromatic carbocycles. The molecule has 0 bridgehead atoms. The van der Waals surface area contributed by atoms with E-state index in [2.05, 4.69) is 26.6 Å². The van der Waals surface area contributed by atoms with Gasteiger partial charge in [-0.3, -0.25) is 18.7 Å². The number of hydrogen-bond acceptors (Lipinski definition) is 5. The highest BCUT2D eigenvalue weighted by Gasteiger charge is 2.14. The number of benzene rings is 1. The quantitative estimate of drug-likeness (QED) is 0.677. The Balaban J connectivity index is 1.94. The monoisotopic (exact) mass is 419 g/mol. The second-order valence-electron chi connectivity index (χ2n) is 5.58. The Hall–Kier alpha value is -2.86. The van der Waals surface area contributed by atoms with Crippen molar-refractivity contribution in [3.05, 3.63) is 60.7 Å². The number of anilines is 1. The van der Waals surface area contributed by atoms with E-state index in [0.29, 0.717) is 25.1 Å². The second-order valence-corrected chi connectivity index (χ2v) is 6.50. The van der Waals surface area contributed by atoms with Gasteiger partial charge in [-0.15, -0.1) is 0 Å². The molecule has 1 heterocycles. The van der Waals surface area contributed by atoms with Gasteiger partial charge < -0.3 is 10.6 Å². The molecule has 0 fully saturated rings. The number of nitriles is 1. The number of rotatable bonds is 6. The zero-order chi connectivity index (χ0) is 19.3. The molecule has 0 unspecified atom stereocenters. The zero-order valence-electron chi connectivity index (χ0n) is 14.4. The van der Waals surface area contributed by atoms with E-state index in [1.807, 2.05) is 6.07 Å². The maximum Gasteiger partial charge on any atom is 0.332 e. The van der Waals surface area contributed by atoms with Crippen molar-refractivity contribution in [1.82, 2.24) is 14.5 Å². The molecule has 0 aliphatic carbocycles. The first-order chi connectivity index (χ1) is 12.4. The van der Waals surface area contributed by atoms with Crippen LogP contribution >= 0.6 is 15.9 Å². The van der Waals surface area contributed by atoms with Gasteiger partial charge in [0.15, 0.2) is 5.56 Å². The first-order valence-electron chi connectivity index (χ1n) is 7.84.